The second kappa shape index (κ2) is 5.30. The Labute approximate surface area is 129 Å². The molecule has 0 unspecified atom stereocenters. The molecule has 0 amide bonds. The predicted molar refractivity (Wildman–Crippen MR) is 82.6 cm³/mol. The Balaban J connectivity index is 1.79. The third-order valence-electron chi connectivity index (χ3n) is 3.17. The summed E-state index contributed by atoms with van der Waals surface area (Å²) in [6.07, 6.45) is 4.34. The van der Waals surface area contributed by atoms with Crippen LogP contribution in [0.5, 0.6) is 0 Å². The number of aromatic amines is 1. The average Bonchev–Trinajstić information content (AvgIpc) is 2.92. The Morgan fingerprint density at radius 1 is 1.04 bits per heavy atom. The minimum Gasteiger partial charge on any atom is -0.309 e. The molecule has 0 saturated heterocycles. The number of anilines is 2. The van der Waals surface area contributed by atoms with E-state index in [1.807, 2.05) is 24.3 Å². The van der Waals surface area contributed by atoms with E-state index in [-0.39, 0.29) is 17.6 Å². The van der Waals surface area contributed by atoms with Gasteiger partial charge in [0.1, 0.15) is 18.5 Å². The number of fused-ring (bicyclic) bond motifs is 1. The molecule has 0 radical (unpaired) electrons. The molecular weight excluding hydrogens is 296 g/mol. The lowest BCUT2D eigenvalue weighted by Crippen LogP contribution is -2.18. The summed E-state index contributed by atoms with van der Waals surface area (Å²) in [7, 11) is 0. The number of benzene rings is 1. The Hall–Kier alpha value is -3.62. The normalized spacial score (nSPS) is 10.8. The standard InChI is InChI=1S/C14H10N8O/c23-14-19-9-3-1-2-4-10(9)22(14)13-18-8-17-12(21-13)20-11-5-6-15-7-16-11/h1-8H,(H,19,23)(H,15,16,17,18,20,21). The highest BCUT2D eigenvalue weighted by molar-refractivity contribution is 5.76. The van der Waals surface area contributed by atoms with Crippen molar-refractivity contribution in [2.45, 2.75) is 0 Å². The molecule has 0 bridgehead atoms. The molecule has 9 heteroatoms. The van der Waals surface area contributed by atoms with Crippen LogP contribution in [0, 0.1) is 0 Å². The first-order valence-corrected chi connectivity index (χ1v) is 6.73. The second-order valence-corrected chi connectivity index (χ2v) is 4.61. The van der Waals surface area contributed by atoms with E-state index < -0.39 is 0 Å². The number of rotatable bonds is 3. The van der Waals surface area contributed by atoms with Crippen LogP contribution in [0.2, 0.25) is 0 Å². The van der Waals surface area contributed by atoms with Gasteiger partial charge >= 0.3 is 5.69 Å². The Kier molecular flexibility index (Phi) is 3.01. The molecule has 0 aliphatic carbocycles. The molecule has 0 saturated carbocycles. The van der Waals surface area contributed by atoms with Crippen molar-refractivity contribution in [2.24, 2.45) is 0 Å². The monoisotopic (exact) mass is 306 g/mol. The van der Waals surface area contributed by atoms with Crippen LogP contribution >= 0.6 is 0 Å². The molecule has 0 aliphatic heterocycles. The van der Waals surface area contributed by atoms with Gasteiger partial charge < -0.3 is 10.3 Å². The lowest BCUT2D eigenvalue weighted by atomic mass is 10.3. The molecule has 4 aromatic rings. The van der Waals surface area contributed by atoms with E-state index in [0.717, 1.165) is 0 Å². The van der Waals surface area contributed by atoms with Crippen LogP contribution in [-0.2, 0) is 0 Å². The minimum absolute atomic E-state index is 0.221. The van der Waals surface area contributed by atoms with Crippen LogP contribution in [-0.4, -0.2) is 34.5 Å². The third-order valence-corrected chi connectivity index (χ3v) is 3.17. The maximum Gasteiger partial charge on any atom is 0.333 e. The third kappa shape index (κ3) is 2.39. The SMILES string of the molecule is O=c1[nH]c2ccccc2n1-c1ncnc(Nc2ccncn2)n1. The summed E-state index contributed by atoms with van der Waals surface area (Å²) in [6.45, 7) is 0. The van der Waals surface area contributed by atoms with Crippen molar-refractivity contribution in [3.05, 3.63) is 59.7 Å². The van der Waals surface area contributed by atoms with E-state index in [0.29, 0.717) is 16.9 Å². The van der Waals surface area contributed by atoms with Gasteiger partial charge in [-0.05, 0) is 18.2 Å². The van der Waals surface area contributed by atoms with Crippen LogP contribution in [0.25, 0.3) is 17.0 Å². The van der Waals surface area contributed by atoms with E-state index in [9.17, 15) is 4.79 Å². The summed E-state index contributed by atoms with van der Waals surface area (Å²) >= 11 is 0. The molecule has 112 valence electrons. The van der Waals surface area contributed by atoms with E-state index in [1.165, 1.54) is 17.2 Å². The molecule has 3 heterocycles. The van der Waals surface area contributed by atoms with Crippen molar-refractivity contribution in [2.75, 3.05) is 5.32 Å². The summed E-state index contributed by atoms with van der Waals surface area (Å²) in [5.74, 6) is 1.05. The van der Waals surface area contributed by atoms with E-state index in [2.05, 4.69) is 35.2 Å². The van der Waals surface area contributed by atoms with Crippen LogP contribution < -0.4 is 11.0 Å². The number of imidazole rings is 1. The summed E-state index contributed by atoms with van der Waals surface area (Å²) in [5, 5.41) is 2.93. The fourth-order valence-corrected chi connectivity index (χ4v) is 2.19. The predicted octanol–water partition coefficient (Wildman–Crippen LogP) is 1.04. The Morgan fingerprint density at radius 2 is 1.96 bits per heavy atom. The van der Waals surface area contributed by atoms with Gasteiger partial charge in [0.25, 0.3) is 0 Å². The molecule has 3 aromatic heterocycles. The van der Waals surface area contributed by atoms with E-state index >= 15 is 0 Å². The van der Waals surface area contributed by atoms with Gasteiger partial charge in [-0.2, -0.15) is 4.98 Å². The molecule has 0 fully saturated rings. The van der Waals surface area contributed by atoms with Crippen molar-refractivity contribution in [1.82, 2.24) is 34.5 Å². The van der Waals surface area contributed by atoms with Gasteiger partial charge in [0.15, 0.2) is 0 Å². The molecule has 23 heavy (non-hydrogen) atoms. The van der Waals surface area contributed by atoms with Crippen LogP contribution in [0.1, 0.15) is 0 Å². The summed E-state index contributed by atoms with van der Waals surface area (Å²) < 4.78 is 1.39. The van der Waals surface area contributed by atoms with Crippen molar-refractivity contribution >= 4 is 22.8 Å². The van der Waals surface area contributed by atoms with Crippen LogP contribution in [0.4, 0.5) is 11.8 Å². The number of para-hydroxylation sites is 2. The number of hydrogen-bond acceptors (Lipinski definition) is 7. The number of H-pyrrole nitrogens is 1. The van der Waals surface area contributed by atoms with Gasteiger partial charge in [-0.25, -0.2) is 29.3 Å². The molecule has 2 N–H and O–H groups in total. The van der Waals surface area contributed by atoms with Crippen molar-refractivity contribution in [3.63, 3.8) is 0 Å². The zero-order valence-corrected chi connectivity index (χ0v) is 11.7. The summed E-state index contributed by atoms with van der Waals surface area (Å²) in [5.41, 5.74) is 1.09. The zero-order chi connectivity index (χ0) is 15.6. The highest BCUT2D eigenvalue weighted by Crippen LogP contribution is 2.13. The maximum atomic E-state index is 12.2. The van der Waals surface area contributed by atoms with Crippen molar-refractivity contribution in [3.8, 4) is 5.95 Å². The topological polar surface area (TPSA) is 114 Å². The van der Waals surface area contributed by atoms with Gasteiger partial charge in [-0.3, -0.25) is 0 Å². The zero-order valence-electron chi connectivity index (χ0n) is 11.7. The molecule has 0 spiro atoms. The van der Waals surface area contributed by atoms with Crippen molar-refractivity contribution < 1.29 is 0 Å². The summed E-state index contributed by atoms with van der Waals surface area (Å²) in [4.78, 5) is 35.2. The van der Waals surface area contributed by atoms with Gasteiger partial charge in [0.05, 0.1) is 11.0 Å². The summed E-state index contributed by atoms with van der Waals surface area (Å²) in [6, 6.07) is 9.00. The highest BCUT2D eigenvalue weighted by atomic mass is 16.1. The number of nitrogens with one attached hydrogen (secondary N) is 2. The van der Waals surface area contributed by atoms with Gasteiger partial charge in [-0.15, -0.1) is 0 Å². The fourth-order valence-electron chi connectivity index (χ4n) is 2.19. The molecule has 1 aromatic carbocycles. The average molecular weight is 306 g/mol. The maximum absolute atomic E-state index is 12.2. The number of nitrogens with zero attached hydrogens (tertiary/aromatic N) is 6. The molecule has 0 aliphatic rings. The smallest absolute Gasteiger partial charge is 0.309 e. The first kappa shape index (κ1) is 13.1. The largest absolute Gasteiger partial charge is 0.333 e. The first-order chi connectivity index (χ1) is 11.3. The molecule has 4 rings (SSSR count). The Bertz CT molecular complexity index is 1020. The first-order valence-electron chi connectivity index (χ1n) is 6.73. The molecule has 9 nitrogen and oxygen atoms in total. The molecular formula is C14H10N8O. The van der Waals surface area contributed by atoms with Crippen LogP contribution in [0.3, 0.4) is 0 Å². The lowest BCUT2D eigenvalue weighted by molar-refractivity contribution is 0.885. The number of hydrogen-bond donors (Lipinski definition) is 2. The van der Waals surface area contributed by atoms with E-state index in [1.54, 1.807) is 12.3 Å². The number of aromatic nitrogens is 7. The second-order valence-electron chi connectivity index (χ2n) is 4.61. The Morgan fingerprint density at radius 3 is 2.83 bits per heavy atom. The lowest BCUT2D eigenvalue weighted by Gasteiger charge is -2.05. The highest BCUT2D eigenvalue weighted by Gasteiger charge is 2.11. The van der Waals surface area contributed by atoms with E-state index in [4.69, 9.17) is 0 Å². The van der Waals surface area contributed by atoms with Gasteiger partial charge in [-0.1, -0.05) is 12.1 Å². The quantitative estimate of drug-likeness (QED) is 0.581. The van der Waals surface area contributed by atoms with Gasteiger partial charge in [0.2, 0.25) is 11.9 Å². The van der Waals surface area contributed by atoms with Gasteiger partial charge in [0, 0.05) is 6.20 Å². The van der Waals surface area contributed by atoms with Crippen LogP contribution in [0.15, 0.2) is 54.0 Å². The fraction of sp³-hybridized carbons (Fsp3) is 0. The molecule has 0 atom stereocenters. The minimum atomic E-state index is -0.314. The van der Waals surface area contributed by atoms with Crippen molar-refractivity contribution in [1.29, 1.82) is 0 Å².